The lowest BCUT2D eigenvalue weighted by Gasteiger charge is -2.29. The van der Waals surface area contributed by atoms with E-state index in [1.807, 2.05) is 0 Å². The Hall–Kier alpha value is -5.34. The molecule has 0 bridgehead atoms. The van der Waals surface area contributed by atoms with Crippen LogP contribution < -0.4 is 49.5 Å². The number of nitrogens with two attached hydrogens (primary N) is 4. The largest absolute Gasteiger partial charge is 0.481 e. The molecule has 0 aliphatic carbocycles. The highest BCUT2D eigenvalue weighted by Gasteiger charge is 2.34. The first-order valence-corrected chi connectivity index (χ1v) is 16.1. The van der Waals surface area contributed by atoms with Crippen LogP contribution in [0.4, 0.5) is 0 Å². The molecule has 15 N–H and O–H groups in total. The fourth-order valence-corrected chi connectivity index (χ4v) is 4.51. The van der Waals surface area contributed by atoms with Gasteiger partial charge in [0, 0.05) is 19.3 Å². The maximum atomic E-state index is 13.5. The maximum Gasteiger partial charge on any atom is 0.326 e. The van der Waals surface area contributed by atoms with Gasteiger partial charge in [-0.05, 0) is 37.5 Å². The highest BCUT2D eigenvalue weighted by atomic mass is 16.4. The fourth-order valence-electron chi connectivity index (χ4n) is 4.51. The van der Waals surface area contributed by atoms with E-state index >= 15 is 0 Å². The van der Waals surface area contributed by atoms with E-state index < -0.39 is 121 Å². The van der Waals surface area contributed by atoms with E-state index in [9.17, 15) is 53.1 Å². The molecule has 0 aromatic rings. The molecular formula is C30H51N9O12. The van der Waals surface area contributed by atoms with Crippen molar-refractivity contribution in [1.82, 2.24) is 26.6 Å². The number of carbonyl (C=O) groups is 10. The molecule has 0 unspecified atom stereocenters. The summed E-state index contributed by atoms with van der Waals surface area (Å²) in [7, 11) is 0. The second-order valence-electron chi connectivity index (χ2n) is 12.7. The van der Waals surface area contributed by atoms with Crippen LogP contribution in [0.25, 0.3) is 0 Å². The molecule has 0 rings (SSSR count). The molecule has 0 aliphatic rings. The monoisotopic (exact) mass is 729 g/mol. The van der Waals surface area contributed by atoms with Crippen LogP contribution in [0, 0.1) is 11.8 Å². The Morgan fingerprint density at radius 2 is 0.902 bits per heavy atom. The quantitative estimate of drug-likeness (QED) is 0.0425. The Labute approximate surface area is 294 Å². The van der Waals surface area contributed by atoms with Gasteiger partial charge in [-0.15, -0.1) is 0 Å². The second kappa shape index (κ2) is 22.4. The van der Waals surface area contributed by atoms with Crippen molar-refractivity contribution in [2.75, 3.05) is 0 Å². The fraction of sp³-hybridized carbons (Fsp3) is 0.667. The van der Waals surface area contributed by atoms with E-state index in [1.54, 1.807) is 27.7 Å². The van der Waals surface area contributed by atoms with Crippen molar-refractivity contribution in [1.29, 1.82) is 0 Å². The zero-order valence-electron chi connectivity index (χ0n) is 29.1. The Kier molecular flexibility index (Phi) is 20.0. The predicted molar refractivity (Wildman–Crippen MR) is 177 cm³/mol. The van der Waals surface area contributed by atoms with Crippen molar-refractivity contribution in [2.45, 2.75) is 115 Å². The number of hydrogen-bond acceptors (Lipinski definition) is 11. The van der Waals surface area contributed by atoms with Gasteiger partial charge >= 0.3 is 11.9 Å². The van der Waals surface area contributed by atoms with E-state index in [1.165, 1.54) is 0 Å². The lowest BCUT2D eigenvalue weighted by Crippen LogP contribution is -2.60. The summed E-state index contributed by atoms with van der Waals surface area (Å²) in [5, 5.41) is 30.2. The summed E-state index contributed by atoms with van der Waals surface area (Å²) in [6.45, 7) is 6.58. The van der Waals surface area contributed by atoms with Gasteiger partial charge in [0.1, 0.15) is 30.2 Å². The Morgan fingerprint density at radius 1 is 0.529 bits per heavy atom. The third-order valence-corrected chi connectivity index (χ3v) is 7.24. The van der Waals surface area contributed by atoms with Crippen molar-refractivity contribution >= 4 is 59.2 Å². The molecule has 0 spiro atoms. The lowest BCUT2D eigenvalue weighted by atomic mass is 9.98. The van der Waals surface area contributed by atoms with E-state index in [0.29, 0.717) is 0 Å². The number of aliphatic carboxylic acids is 2. The van der Waals surface area contributed by atoms with Crippen LogP contribution >= 0.6 is 0 Å². The van der Waals surface area contributed by atoms with Crippen molar-refractivity contribution in [3.8, 4) is 0 Å². The summed E-state index contributed by atoms with van der Waals surface area (Å²) in [5.74, 6) is -10.9. The summed E-state index contributed by atoms with van der Waals surface area (Å²) < 4.78 is 0. The molecule has 0 aromatic carbocycles. The van der Waals surface area contributed by atoms with E-state index in [2.05, 4.69) is 26.6 Å². The second-order valence-corrected chi connectivity index (χ2v) is 12.7. The lowest BCUT2D eigenvalue weighted by molar-refractivity contribution is -0.143. The molecular weight excluding hydrogens is 678 g/mol. The van der Waals surface area contributed by atoms with Crippen LogP contribution in [0.15, 0.2) is 0 Å². The van der Waals surface area contributed by atoms with Gasteiger partial charge in [0.2, 0.25) is 47.3 Å². The van der Waals surface area contributed by atoms with Crippen LogP contribution in [-0.4, -0.2) is 106 Å². The predicted octanol–water partition coefficient (Wildman–Crippen LogP) is -4.20. The number of carboxylic acids is 2. The zero-order chi connectivity index (χ0) is 39.6. The number of primary amides is 3. The normalized spacial score (nSPS) is 14.5. The van der Waals surface area contributed by atoms with Crippen molar-refractivity contribution in [3.63, 3.8) is 0 Å². The molecule has 0 saturated heterocycles. The van der Waals surface area contributed by atoms with Gasteiger partial charge in [-0.2, -0.15) is 0 Å². The van der Waals surface area contributed by atoms with Crippen molar-refractivity contribution in [2.24, 2.45) is 34.8 Å². The molecule has 21 heteroatoms. The number of hydrogen-bond donors (Lipinski definition) is 11. The Bertz CT molecular complexity index is 1310. The molecule has 0 saturated carbocycles. The first-order valence-electron chi connectivity index (χ1n) is 16.1. The van der Waals surface area contributed by atoms with Gasteiger partial charge in [-0.3, -0.25) is 43.2 Å². The van der Waals surface area contributed by atoms with Gasteiger partial charge < -0.3 is 59.7 Å². The number of rotatable bonds is 25. The zero-order valence-corrected chi connectivity index (χ0v) is 29.1. The smallest absolute Gasteiger partial charge is 0.326 e. The van der Waals surface area contributed by atoms with Crippen LogP contribution in [0.3, 0.4) is 0 Å². The van der Waals surface area contributed by atoms with E-state index in [-0.39, 0.29) is 38.0 Å². The minimum Gasteiger partial charge on any atom is -0.481 e. The highest BCUT2D eigenvalue weighted by molar-refractivity contribution is 5.97. The van der Waals surface area contributed by atoms with E-state index in [4.69, 9.17) is 28.0 Å². The van der Waals surface area contributed by atoms with Crippen LogP contribution in [0.1, 0.15) is 79.1 Å². The molecule has 0 radical (unpaired) electrons. The molecule has 0 aliphatic heterocycles. The Morgan fingerprint density at radius 3 is 1.29 bits per heavy atom. The van der Waals surface area contributed by atoms with Crippen molar-refractivity contribution < 1.29 is 58.2 Å². The molecule has 21 nitrogen and oxygen atoms in total. The van der Waals surface area contributed by atoms with Gasteiger partial charge in [-0.1, -0.05) is 27.7 Å². The first kappa shape index (κ1) is 45.7. The van der Waals surface area contributed by atoms with Gasteiger partial charge in [-0.25, -0.2) is 4.79 Å². The molecule has 51 heavy (non-hydrogen) atoms. The van der Waals surface area contributed by atoms with Gasteiger partial charge in [0.15, 0.2) is 0 Å². The summed E-state index contributed by atoms with van der Waals surface area (Å²) in [6.07, 6.45) is -2.96. The number of carboxylic acid groups (broad SMARTS) is 2. The molecule has 288 valence electrons. The van der Waals surface area contributed by atoms with Crippen LogP contribution in [0.5, 0.6) is 0 Å². The summed E-state index contributed by atoms with van der Waals surface area (Å²) in [6, 6.07) is -8.77. The number of nitrogens with one attached hydrogen (secondary N) is 5. The summed E-state index contributed by atoms with van der Waals surface area (Å²) >= 11 is 0. The number of carbonyl (C=O) groups excluding carboxylic acids is 8. The summed E-state index contributed by atoms with van der Waals surface area (Å²) in [4.78, 5) is 123. The third-order valence-electron chi connectivity index (χ3n) is 7.24. The average molecular weight is 730 g/mol. The van der Waals surface area contributed by atoms with Gasteiger partial charge in [0.05, 0.1) is 12.5 Å². The molecule has 0 fully saturated rings. The average Bonchev–Trinajstić information content (AvgIpc) is 2.99. The molecule has 0 aromatic heterocycles. The number of amides is 8. The molecule has 6 atom stereocenters. The summed E-state index contributed by atoms with van der Waals surface area (Å²) in [5.41, 5.74) is 21.1. The maximum absolute atomic E-state index is 13.5. The minimum absolute atomic E-state index is 0.0460. The highest BCUT2D eigenvalue weighted by Crippen LogP contribution is 2.11. The standard InChI is InChI=1S/C30H51N9O12/c1-13(2)11-19(28(48)37-18(30(50)51)7-10-22(34)42)38-29(49)24(14(3)4)39-27(47)17(6-9-21(33)41)36-26(46)16(5-8-20(32)40)35-25(45)15(31)12-23(43)44/h13-19,24H,5-12,31H2,1-4H3,(H2,32,40)(H2,33,41)(H2,34,42)(H,35,45)(H,36,46)(H,37,48)(H,38,49)(H,39,47)(H,43,44)(H,50,51)/t15-,16-,17-,18-,19-,24-/m0/s1. The Balaban J connectivity index is 6.18. The SMILES string of the molecule is CC(C)C[C@H](NC(=O)[C@@H](NC(=O)[C@H](CCC(N)=O)NC(=O)[C@H](CCC(N)=O)NC(=O)[C@@H](N)CC(=O)O)C(C)C)C(=O)N[C@@H](CCC(N)=O)C(=O)O. The molecule has 8 amide bonds. The minimum atomic E-state index is -1.57. The topological polar surface area (TPSA) is 375 Å². The van der Waals surface area contributed by atoms with Gasteiger partial charge in [0.25, 0.3) is 0 Å². The third kappa shape index (κ3) is 18.9. The van der Waals surface area contributed by atoms with Crippen LogP contribution in [-0.2, 0) is 47.9 Å². The van der Waals surface area contributed by atoms with E-state index in [0.717, 1.165) is 0 Å². The van der Waals surface area contributed by atoms with Crippen molar-refractivity contribution in [3.05, 3.63) is 0 Å². The molecule has 0 heterocycles. The first-order chi connectivity index (χ1) is 23.5. The van der Waals surface area contributed by atoms with Crippen LogP contribution in [0.2, 0.25) is 0 Å².